The molecule has 0 amide bonds. The van der Waals surface area contributed by atoms with E-state index in [2.05, 4.69) is 45.7 Å². The fourth-order valence-corrected chi connectivity index (χ4v) is 3.34. The van der Waals surface area contributed by atoms with Gasteiger partial charge in [-0.3, -0.25) is 0 Å². The highest BCUT2D eigenvalue weighted by atomic mass is 79.9. The van der Waals surface area contributed by atoms with E-state index >= 15 is 0 Å². The van der Waals surface area contributed by atoms with Crippen LogP contribution in [0.25, 0.3) is 0 Å². The van der Waals surface area contributed by atoms with Crippen LogP contribution in [0.2, 0.25) is 0 Å². The lowest BCUT2D eigenvalue weighted by atomic mass is 9.83. The molecule has 2 atom stereocenters. The Hall–Kier alpha value is -0.610. The molecule has 1 heterocycles. The van der Waals surface area contributed by atoms with Gasteiger partial charge in [0.05, 0.1) is 0 Å². The number of rotatable bonds is 4. The first kappa shape index (κ1) is 14.8. The van der Waals surface area contributed by atoms with Gasteiger partial charge in [0.2, 0.25) is 0 Å². The lowest BCUT2D eigenvalue weighted by molar-refractivity contribution is 0.299. The number of nitrogens with zero attached hydrogens (tertiary/aromatic N) is 2. The lowest BCUT2D eigenvalue weighted by Crippen LogP contribution is -2.45. The third kappa shape index (κ3) is 3.29. The SMILES string of the molecule is CCN(c1cc(C)c(Br)cn1)C1CCCCC1CN. The standard InChI is InChI=1S/C15H24BrN3/c1-3-19(14-7-5-4-6-12(14)9-17)15-8-11(2)13(16)10-18-15/h8,10,12,14H,3-7,9,17H2,1-2H3. The third-order valence-corrected chi connectivity index (χ3v) is 5.07. The minimum absolute atomic E-state index is 0.553. The zero-order valence-electron chi connectivity index (χ0n) is 11.9. The van der Waals surface area contributed by atoms with Gasteiger partial charge in [0.1, 0.15) is 5.82 Å². The minimum Gasteiger partial charge on any atom is -0.354 e. The van der Waals surface area contributed by atoms with Gasteiger partial charge in [-0.05, 0) is 66.7 Å². The number of aromatic nitrogens is 1. The van der Waals surface area contributed by atoms with Crippen molar-refractivity contribution in [3.63, 3.8) is 0 Å². The molecule has 2 rings (SSSR count). The Bertz CT molecular complexity index is 422. The van der Waals surface area contributed by atoms with Crippen molar-refractivity contribution in [1.82, 2.24) is 4.98 Å². The molecule has 0 aliphatic heterocycles. The Morgan fingerprint density at radius 2 is 2.16 bits per heavy atom. The second-order valence-electron chi connectivity index (χ2n) is 5.43. The molecule has 3 nitrogen and oxygen atoms in total. The molecule has 1 fully saturated rings. The first-order chi connectivity index (χ1) is 9.17. The summed E-state index contributed by atoms with van der Waals surface area (Å²) in [6, 6.07) is 2.73. The maximum Gasteiger partial charge on any atom is 0.129 e. The fourth-order valence-electron chi connectivity index (χ4n) is 3.12. The van der Waals surface area contributed by atoms with Crippen LogP contribution in [0.15, 0.2) is 16.7 Å². The summed E-state index contributed by atoms with van der Waals surface area (Å²) < 4.78 is 1.08. The molecule has 2 N–H and O–H groups in total. The van der Waals surface area contributed by atoms with Crippen molar-refractivity contribution in [2.75, 3.05) is 18.0 Å². The molecule has 0 aromatic carbocycles. The zero-order valence-corrected chi connectivity index (χ0v) is 13.5. The summed E-state index contributed by atoms with van der Waals surface area (Å²) >= 11 is 3.52. The maximum absolute atomic E-state index is 5.96. The largest absolute Gasteiger partial charge is 0.354 e. The molecule has 2 unspecified atom stereocenters. The van der Waals surface area contributed by atoms with Crippen LogP contribution in [0.3, 0.4) is 0 Å². The molecule has 0 spiro atoms. The number of halogens is 1. The average molecular weight is 326 g/mol. The van der Waals surface area contributed by atoms with Crippen LogP contribution in [0.5, 0.6) is 0 Å². The summed E-state index contributed by atoms with van der Waals surface area (Å²) in [5.74, 6) is 1.70. The Kier molecular flexibility index (Phi) is 5.22. The molecular formula is C15H24BrN3. The number of hydrogen-bond acceptors (Lipinski definition) is 3. The van der Waals surface area contributed by atoms with E-state index in [-0.39, 0.29) is 0 Å². The molecule has 0 bridgehead atoms. The zero-order chi connectivity index (χ0) is 13.8. The normalized spacial score (nSPS) is 23.4. The molecule has 4 heteroatoms. The average Bonchev–Trinajstić information content (AvgIpc) is 2.44. The second kappa shape index (κ2) is 6.71. The highest BCUT2D eigenvalue weighted by Crippen LogP contribution is 2.31. The molecule has 106 valence electrons. The van der Waals surface area contributed by atoms with Crippen molar-refractivity contribution in [3.05, 3.63) is 22.3 Å². The highest BCUT2D eigenvalue weighted by Gasteiger charge is 2.29. The van der Waals surface area contributed by atoms with Crippen molar-refractivity contribution in [3.8, 4) is 0 Å². The molecule has 0 radical (unpaired) electrons. The van der Waals surface area contributed by atoms with Gasteiger partial charge in [0.15, 0.2) is 0 Å². The van der Waals surface area contributed by atoms with E-state index in [1.165, 1.54) is 31.2 Å². The Balaban J connectivity index is 2.24. The van der Waals surface area contributed by atoms with Crippen molar-refractivity contribution < 1.29 is 0 Å². The number of aryl methyl sites for hydroxylation is 1. The fraction of sp³-hybridized carbons (Fsp3) is 0.667. The van der Waals surface area contributed by atoms with Crippen LogP contribution in [-0.2, 0) is 0 Å². The minimum atomic E-state index is 0.553. The van der Waals surface area contributed by atoms with E-state index in [0.29, 0.717) is 12.0 Å². The van der Waals surface area contributed by atoms with Crippen LogP contribution < -0.4 is 10.6 Å². The Morgan fingerprint density at radius 1 is 1.42 bits per heavy atom. The molecule has 1 aliphatic rings. The van der Waals surface area contributed by atoms with Crippen LogP contribution in [0.1, 0.15) is 38.2 Å². The summed E-state index contributed by atoms with van der Waals surface area (Å²) in [7, 11) is 0. The van der Waals surface area contributed by atoms with Crippen molar-refractivity contribution in [2.24, 2.45) is 11.7 Å². The van der Waals surface area contributed by atoms with Gasteiger partial charge in [-0.1, -0.05) is 12.8 Å². The van der Waals surface area contributed by atoms with E-state index in [0.717, 1.165) is 23.4 Å². The Morgan fingerprint density at radius 3 is 2.79 bits per heavy atom. The van der Waals surface area contributed by atoms with Crippen LogP contribution in [0.4, 0.5) is 5.82 Å². The second-order valence-corrected chi connectivity index (χ2v) is 6.28. The van der Waals surface area contributed by atoms with Gasteiger partial charge in [0, 0.05) is 23.3 Å². The quantitative estimate of drug-likeness (QED) is 0.921. The molecule has 1 aliphatic carbocycles. The van der Waals surface area contributed by atoms with Gasteiger partial charge >= 0.3 is 0 Å². The number of anilines is 1. The van der Waals surface area contributed by atoms with E-state index in [1.807, 2.05) is 6.20 Å². The smallest absolute Gasteiger partial charge is 0.129 e. The van der Waals surface area contributed by atoms with E-state index in [9.17, 15) is 0 Å². The molecule has 1 aromatic rings. The number of pyridine rings is 1. The summed E-state index contributed by atoms with van der Waals surface area (Å²) in [5.41, 5.74) is 7.20. The summed E-state index contributed by atoms with van der Waals surface area (Å²) in [6.07, 6.45) is 7.04. The summed E-state index contributed by atoms with van der Waals surface area (Å²) in [4.78, 5) is 7.03. The first-order valence-corrected chi connectivity index (χ1v) is 8.05. The van der Waals surface area contributed by atoms with Crippen LogP contribution >= 0.6 is 15.9 Å². The number of nitrogens with two attached hydrogens (primary N) is 1. The molecular weight excluding hydrogens is 302 g/mol. The van der Waals surface area contributed by atoms with Gasteiger partial charge in [-0.2, -0.15) is 0 Å². The van der Waals surface area contributed by atoms with E-state index in [4.69, 9.17) is 5.73 Å². The third-order valence-electron chi connectivity index (χ3n) is 4.24. The highest BCUT2D eigenvalue weighted by molar-refractivity contribution is 9.10. The summed E-state index contributed by atoms with van der Waals surface area (Å²) in [5, 5.41) is 0. The monoisotopic (exact) mass is 325 g/mol. The van der Waals surface area contributed by atoms with Crippen molar-refractivity contribution >= 4 is 21.7 Å². The molecule has 19 heavy (non-hydrogen) atoms. The summed E-state index contributed by atoms with van der Waals surface area (Å²) in [6.45, 7) is 6.11. The Labute approximate surface area is 124 Å². The predicted octanol–water partition coefficient (Wildman–Crippen LogP) is 3.50. The van der Waals surface area contributed by atoms with E-state index in [1.54, 1.807) is 0 Å². The number of hydrogen-bond donors (Lipinski definition) is 1. The van der Waals surface area contributed by atoms with Crippen LogP contribution in [-0.4, -0.2) is 24.1 Å². The van der Waals surface area contributed by atoms with Gasteiger partial charge < -0.3 is 10.6 Å². The lowest BCUT2D eigenvalue weighted by Gasteiger charge is -2.40. The first-order valence-electron chi connectivity index (χ1n) is 7.26. The van der Waals surface area contributed by atoms with Gasteiger partial charge in [-0.25, -0.2) is 4.98 Å². The maximum atomic E-state index is 5.96. The van der Waals surface area contributed by atoms with Gasteiger partial charge in [0.25, 0.3) is 0 Å². The van der Waals surface area contributed by atoms with E-state index < -0.39 is 0 Å². The topological polar surface area (TPSA) is 42.2 Å². The molecule has 1 saturated carbocycles. The van der Waals surface area contributed by atoms with Gasteiger partial charge in [-0.15, -0.1) is 0 Å². The predicted molar refractivity (Wildman–Crippen MR) is 84.5 cm³/mol. The molecule has 0 saturated heterocycles. The van der Waals surface area contributed by atoms with Crippen molar-refractivity contribution in [1.29, 1.82) is 0 Å². The van der Waals surface area contributed by atoms with Crippen LogP contribution in [0, 0.1) is 12.8 Å². The molecule has 1 aromatic heterocycles. The van der Waals surface area contributed by atoms with Crippen molar-refractivity contribution in [2.45, 2.75) is 45.6 Å².